The summed E-state index contributed by atoms with van der Waals surface area (Å²) in [5.74, 6) is 2.00. The average molecular weight is 339 g/mol. The smallest absolute Gasteiger partial charge is 0.311 e. The van der Waals surface area contributed by atoms with Crippen LogP contribution in [-0.4, -0.2) is 51.5 Å². The van der Waals surface area contributed by atoms with Crippen LogP contribution in [0.15, 0.2) is 18.3 Å². The van der Waals surface area contributed by atoms with Gasteiger partial charge in [-0.1, -0.05) is 0 Å². The summed E-state index contributed by atoms with van der Waals surface area (Å²) in [5.41, 5.74) is 5.90. The predicted octanol–water partition coefficient (Wildman–Crippen LogP) is 1.43. The molecule has 1 saturated heterocycles. The van der Waals surface area contributed by atoms with Crippen molar-refractivity contribution in [3.8, 4) is 0 Å². The van der Waals surface area contributed by atoms with Crippen LogP contribution in [0, 0.1) is 10.1 Å². The first-order valence-electron chi connectivity index (χ1n) is 7.55. The van der Waals surface area contributed by atoms with E-state index in [2.05, 4.69) is 10.3 Å². The summed E-state index contributed by atoms with van der Waals surface area (Å²) in [4.78, 5) is 28.2. The van der Waals surface area contributed by atoms with E-state index in [1.807, 2.05) is 0 Å². The zero-order valence-corrected chi connectivity index (χ0v) is 13.6. The van der Waals surface area contributed by atoms with Crippen LogP contribution in [0.4, 0.5) is 11.5 Å². The number of nitrogens with zero attached hydrogens (tertiary/aromatic N) is 3. The van der Waals surface area contributed by atoms with Crippen LogP contribution < -0.4 is 11.1 Å². The van der Waals surface area contributed by atoms with E-state index >= 15 is 0 Å². The Bertz CT molecular complexity index is 551. The molecule has 1 fully saturated rings. The molecule has 3 N–H and O–H groups in total. The molecule has 0 aromatic carbocycles. The van der Waals surface area contributed by atoms with E-state index in [4.69, 9.17) is 5.73 Å². The second kappa shape index (κ2) is 8.68. The lowest BCUT2D eigenvalue weighted by Gasteiger charge is -2.19. The maximum absolute atomic E-state index is 12.0. The van der Waals surface area contributed by atoms with Gasteiger partial charge in [-0.15, -0.1) is 11.8 Å². The van der Waals surface area contributed by atoms with Gasteiger partial charge in [0.05, 0.1) is 16.8 Å². The van der Waals surface area contributed by atoms with Gasteiger partial charge in [-0.3, -0.25) is 14.9 Å². The third-order valence-electron chi connectivity index (χ3n) is 3.60. The maximum Gasteiger partial charge on any atom is 0.311 e. The second-order valence-electron chi connectivity index (χ2n) is 5.30. The number of carbonyl (C=O) groups is 1. The highest BCUT2D eigenvalue weighted by Crippen LogP contribution is 2.20. The lowest BCUT2D eigenvalue weighted by Crippen LogP contribution is -2.42. The van der Waals surface area contributed by atoms with Crippen molar-refractivity contribution in [3.05, 3.63) is 28.4 Å². The number of rotatable bonds is 8. The molecule has 1 aromatic rings. The average Bonchev–Trinajstić information content (AvgIpc) is 3.08. The van der Waals surface area contributed by atoms with Gasteiger partial charge in [-0.25, -0.2) is 4.98 Å². The Labute approximate surface area is 139 Å². The van der Waals surface area contributed by atoms with Crippen molar-refractivity contribution >= 4 is 29.2 Å². The molecule has 0 unspecified atom stereocenters. The van der Waals surface area contributed by atoms with Gasteiger partial charge in [-0.2, -0.15) is 0 Å². The van der Waals surface area contributed by atoms with Crippen molar-refractivity contribution in [2.24, 2.45) is 5.73 Å². The van der Waals surface area contributed by atoms with E-state index in [9.17, 15) is 14.9 Å². The van der Waals surface area contributed by atoms with Gasteiger partial charge in [0, 0.05) is 31.1 Å². The van der Waals surface area contributed by atoms with E-state index in [0.717, 1.165) is 31.0 Å². The maximum atomic E-state index is 12.0. The number of nitrogens with one attached hydrogen (secondary N) is 1. The summed E-state index contributed by atoms with van der Waals surface area (Å²) < 4.78 is 0. The first kappa shape index (κ1) is 17.5. The molecular weight excluding hydrogens is 318 g/mol. The van der Waals surface area contributed by atoms with Crippen molar-refractivity contribution in [2.45, 2.75) is 25.3 Å². The summed E-state index contributed by atoms with van der Waals surface area (Å²) >= 11 is 1.74. The molecule has 0 bridgehead atoms. The lowest BCUT2D eigenvalue weighted by atomic mass is 10.1. The summed E-state index contributed by atoms with van der Waals surface area (Å²) in [5, 5.41) is 13.8. The van der Waals surface area contributed by atoms with Gasteiger partial charge in [0.1, 0.15) is 0 Å². The third-order valence-corrected chi connectivity index (χ3v) is 4.56. The molecule has 9 heteroatoms. The minimum atomic E-state index is -0.460. The molecule has 1 aromatic heterocycles. The molecule has 2 rings (SSSR count). The van der Waals surface area contributed by atoms with Crippen LogP contribution in [0.5, 0.6) is 0 Å². The monoisotopic (exact) mass is 339 g/mol. The normalized spacial score (nSPS) is 15.4. The molecule has 1 amide bonds. The van der Waals surface area contributed by atoms with E-state index in [1.165, 1.54) is 18.3 Å². The van der Waals surface area contributed by atoms with Crippen molar-refractivity contribution in [1.29, 1.82) is 0 Å². The molecule has 23 heavy (non-hydrogen) atoms. The Morgan fingerprint density at radius 1 is 1.57 bits per heavy atom. The summed E-state index contributed by atoms with van der Waals surface area (Å²) in [6.45, 7) is 1.33. The standard InChI is InChI=1S/C14H21N5O3S/c15-11(14(20)18-8-9-23-10-18)4-1-2-6-16-13-12(19(21)22)5-3-7-17-13/h3,5,7,11H,1-2,4,6,8-10,15H2,(H,16,17)/t11-/m0/s1. The van der Waals surface area contributed by atoms with Gasteiger partial charge < -0.3 is 16.0 Å². The molecular formula is C14H21N5O3S. The van der Waals surface area contributed by atoms with Crippen molar-refractivity contribution < 1.29 is 9.72 Å². The molecule has 0 saturated carbocycles. The summed E-state index contributed by atoms with van der Waals surface area (Å²) in [6, 6.07) is 2.49. The summed E-state index contributed by atoms with van der Waals surface area (Å²) in [7, 11) is 0. The zero-order valence-electron chi connectivity index (χ0n) is 12.8. The number of aromatic nitrogens is 1. The number of carbonyl (C=O) groups excluding carboxylic acids is 1. The fourth-order valence-corrected chi connectivity index (χ4v) is 3.28. The topological polar surface area (TPSA) is 114 Å². The van der Waals surface area contributed by atoms with Crippen LogP contribution in [0.1, 0.15) is 19.3 Å². The lowest BCUT2D eigenvalue weighted by molar-refractivity contribution is -0.384. The van der Waals surface area contributed by atoms with Crippen LogP contribution in [0.25, 0.3) is 0 Å². The fraction of sp³-hybridized carbons (Fsp3) is 0.571. The largest absolute Gasteiger partial charge is 0.364 e. The van der Waals surface area contributed by atoms with Crippen LogP contribution >= 0.6 is 11.8 Å². The van der Waals surface area contributed by atoms with Crippen molar-refractivity contribution in [2.75, 3.05) is 30.0 Å². The SMILES string of the molecule is N[C@@H](CCCCNc1ncccc1[N+](=O)[O-])C(=O)N1CCSC1. The first-order chi connectivity index (χ1) is 11.1. The number of nitrogens with two attached hydrogens (primary N) is 1. The van der Waals surface area contributed by atoms with E-state index in [1.54, 1.807) is 16.7 Å². The highest BCUT2D eigenvalue weighted by Gasteiger charge is 2.23. The quantitative estimate of drug-likeness (QED) is 0.418. The Hall–Kier alpha value is -1.87. The Balaban J connectivity index is 1.68. The van der Waals surface area contributed by atoms with Gasteiger partial charge in [0.25, 0.3) is 0 Å². The number of nitro groups is 1. The molecule has 1 atom stereocenters. The molecule has 0 aliphatic carbocycles. The molecule has 2 heterocycles. The number of hydrogen-bond acceptors (Lipinski definition) is 7. The van der Waals surface area contributed by atoms with Crippen LogP contribution in [-0.2, 0) is 4.79 Å². The zero-order chi connectivity index (χ0) is 16.7. The predicted molar refractivity (Wildman–Crippen MR) is 90.2 cm³/mol. The minimum absolute atomic E-state index is 0.0170. The van der Waals surface area contributed by atoms with Crippen molar-refractivity contribution in [3.63, 3.8) is 0 Å². The molecule has 126 valence electrons. The Kier molecular flexibility index (Phi) is 6.60. The van der Waals surface area contributed by atoms with Gasteiger partial charge in [0.2, 0.25) is 11.7 Å². The number of anilines is 1. The third kappa shape index (κ3) is 5.07. The molecule has 0 radical (unpaired) electrons. The Morgan fingerprint density at radius 2 is 2.39 bits per heavy atom. The summed E-state index contributed by atoms with van der Waals surface area (Å²) in [6.07, 6.45) is 3.68. The van der Waals surface area contributed by atoms with E-state index in [-0.39, 0.29) is 17.4 Å². The Morgan fingerprint density at radius 3 is 3.09 bits per heavy atom. The van der Waals surface area contributed by atoms with Gasteiger partial charge >= 0.3 is 5.69 Å². The highest BCUT2D eigenvalue weighted by molar-refractivity contribution is 7.99. The van der Waals surface area contributed by atoms with Gasteiger partial charge in [-0.05, 0) is 25.3 Å². The van der Waals surface area contributed by atoms with Crippen LogP contribution in [0.3, 0.4) is 0 Å². The second-order valence-corrected chi connectivity index (χ2v) is 6.37. The molecule has 8 nitrogen and oxygen atoms in total. The number of thioether (sulfide) groups is 1. The van der Waals surface area contributed by atoms with E-state index in [0.29, 0.717) is 13.0 Å². The number of pyridine rings is 1. The van der Waals surface area contributed by atoms with Gasteiger partial charge in [0.15, 0.2) is 0 Å². The fourth-order valence-electron chi connectivity index (χ4n) is 2.32. The highest BCUT2D eigenvalue weighted by atomic mass is 32.2. The molecule has 1 aliphatic heterocycles. The van der Waals surface area contributed by atoms with E-state index < -0.39 is 11.0 Å². The van der Waals surface area contributed by atoms with Crippen molar-refractivity contribution in [1.82, 2.24) is 9.88 Å². The first-order valence-corrected chi connectivity index (χ1v) is 8.70. The number of unbranched alkanes of at least 4 members (excludes halogenated alkanes) is 1. The van der Waals surface area contributed by atoms with Crippen LogP contribution in [0.2, 0.25) is 0 Å². The number of amides is 1. The minimum Gasteiger partial charge on any atom is -0.364 e. The number of hydrogen-bond donors (Lipinski definition) is 2. The molecule has 0 spiro atoms. The molecule has 1 aliphatic rings.